The van der Waals surface area contributed by atoms with Gasteiger partial charge in [-0.05, 0) is 31.2 Å². The first kappa shape index (κ1) is 19.7. The maximum absolute atomic E-state index is 12.9. The Morgan fingerprint density at radius 2 is 1.75 bits per heavy atom. The van der Waals surface area contributed by atoms with Crippen LogP contribution in [0.2, 0.25) is 0 Å². The van der Waals surface area contributed by atoms with Gasteiger partial charge < -0.3 is 9.80 Å². The van der Waals surface area contributed by atoms with E-state index in [1.54, 1.807) is 28.0 Å². The Labute approximate surface area is 159 Å². The highest BCUT2D eigenvalue weighted by Crippen LogP contribution is 2.36. The molecule has 1 aliphatic heterocycles. The first-order chi connectivity index (χ1) is 13.2. The Hall–Kier alpha value is -3.10. The molecule has 3 rings (SSSR count). The minimum absolute atomic E-state index is 0.126. The summed E-state index contributed by atoms with van der Waals surface area (Å²) in [6.07, 6.45) is -4.65. The van der Waals surface area contributed by atoms with Gasteiger partial charge in [0.1, 0.15) is 5.69 Å². The van der Waals surface area contributed by atoms with Gasteiger partial charge in [0.15, 0.2) is 0 Å². The zero-order valence-electron chi connectivity index (χ0n) is 15.1. The molecule has 0 N–H and O–H groups in total. The van der Waals surface area contributed by atoms with E-state index >= 15 is 0 Å². The van der Waals surface area contributed by atoms with Crippen LogP contribution in [0, 0.1) is 17.0 Å². The quantitative estimate of drug-likeness (QED) is 0.586. The molecular formula is C19H18F3N3O3. The molecule has 148 valence electrons. The Bertz CT molecular complexity index is 907. The van der Waals surface area contributed by atoms with Gasteiger partial charge in [-0.25, -0.2) is 0 Å². The number of anilines is 1. The number of benzene rings is 2. The fourth-order valence-corrected chi connectivity index (χ4v) is 3.22. The Morgan fingerprint density at radius 1 is 1.07 bits per heavy atom. The van der Waals surface area contributed by atoms with Gasteiger partial charge in [0.2, 0.25) is 0 Å². The monoisotopic (exact) mass is 393 g/mol. The lowest BCUT2D eigenvalue weighted by Crippen LogP contribution is -2.49. The summed E-state index contributed by atoms with van der Waals surface area (Å²) in [5.41, 5.74) is 0.00368. The smallest absolute Gasteiger partial charge is 0.362 e. The van der Waals surface area contributed by atoms with E-state index in [0.29, 0.717) is 37.8 Å². The minimum Gasteiger partial charge on any atom is -0.362 e. The van der Waals surface area contributed by atoms with Gasteiger partial charge >= 0.3 is 6.18 Å². The molecule has 0 radical (unpaired) electrons. The summed E-state index contributed by atoms with van der Waals surface area (Å²) in [5.74, 6) is -0.134. The largest absolute Gasteiger partial charge is 0.416 e. The van der Waals surface area contributed by atoms with Crippen LogP contribution in [0.4, 0.5) is 24.5 Å². The first-order valence-corrected chi connectivity index (χ1v) is 8.63. The van der Waals surface area contributed by atoms with E-state index in [0.717, 1.165) is 17.7 Å². The number of rotatable bonds is 3. The molecule has 1 fully saturated rings. The van der Waals surface area contributed by atoms with Crippen molar-refractivity contribution in [1.29, 1.82) is 0 Å². The molecule has 1 saturated heterocycles. The van der Waals surface area contributed by atoms with Crippen LogP contribution in [0.15, 0.2) is 42.5 Å². The fourth-order valence-electron chi connectivity index (χ4n) is 3.22. The molecule has 0 atom stereocenters. The number of halogens is 3. The van der Waals surface area contributed by atoms with Crippen LogP contribution >= 0.6 is 0 Å². The molecule has 0 aliphatic carbocycles. The van der Waals surface area contributed by atoms with Crippen LogP contribution in [0.1, 0.15) is 21.5 Å². The number of hydrogen-bond donors (Lipinski definition) is 0. The van der Waals surface area contributed by atoms with Crippen molar-refractivity contribution in [3.8, 4) is 0 Å². The predicted octanol–water partition coefficient (Wildman–Crippen LogP) is 3.88. The van der Waals surface area contributed by atoms with Gasteiger partial charge in [0.05, 0.1) is 10.5 Å². The van der Waals surface area contributed by atoms with Gasteiger partial charge in [-0.3, -0.25) is 14.9 Å². The summed E-state index contributed by atoms with van der Waals surface area (Å²) >= 11 is 0. The average molecular weight is 393 g/mol. The first-order valence-electron chi connectivity index (χ1n) is 8.63. The van der Waals surface area contributed by atoms with E-state index in [9.17, 15) is 28.1 Å². The van der Waals surface area contributed by atoms with Crippen molar-refractivity contribution in [1.82, 2.24) is 4.90 Å². The lowest BCUT2D eigenvalue weighted by molar-refractivity contribution is -0.384. The second-order valence-electron chi connectivity index (χ2n) is 6.61. The van der Waals surface area contributed by atoms with Crippen molar-refractivity contribution in [3.63, 3.8) is 0 Å². The van der Waals surface area contributed by atoms with E-state index in [2.05, 4.69) is 0 Å². The van der Waals surface area contributed by atoms with Crippen LogP contribution in [0.3, 0.4) is 0 Å². The maximum Gasteiger partial charge on any atom is 0.416 e. The number of carbonyl (C=O) groups is 1. The molecule has 28 heavy (non-hydrogen) atoms. The fraction of sp³-hybridized carbons (Fsp3) is 0.316. The molecule has 1 aliphatic rings. The molecule has 0 spiro atoms. The second kappa shape index (κ2) is 7.49. The molecule has 6 nitrogen and oxygen atoms in total. The third-order valence-electron chi connectivity index (χ3n) is 4.67. The molecule has 0 bridgehead atoms. The molecule has 2 aromatic carbocycles. The summed E-state index contributed by atoms with van der Waals surface area (Å²) in [6, 6.07) is 9.71. The number of piperazine rings is 1. The maximum atomic E-state index is 12.9. The van der Waals surface area contributed by atoms with E-state index < -0.39 is 22.4 Å². The van der Waals surface area contributed by atoms with Crippen LogP contribution in [0.5, 0.6) is 0 Å². The number of aryl methyl sites for hydroxylation is 1. The van der Waals surface area contributed by atoms with Gasteiger partial charge in [-0.1, -0.05) is 17.7 Å². The molecule has 9 heteroatoms. The third-order valence-corrected chi connectivity index (χ3v) is 4.67. The van der Waals surface area contributed by atoms with Crippen molar-refractivity contribution in [3.05, 3.63) is 69.3 Å². The number of nitrogens with zero attached hydrogens (tertiary/aromatic N) is 3. The molecular weight excluding hydrogens is 375 g/mol. The number of nitro groups is 1. The molecule has 0 aromatic heterocycles. The Morgan fingerprint density at radius 3 is 2.32 bits per heavy atom. The summed E-state index contributed by atoms with van der Waals surface area (Å²) in [6.45, 7) is 3.13. The molecule has 1 amide bonds. The number of hydrogen-bond acceptors (Lipinski definition) is 4. The van der Waals surface area contributed by atoms with Crippen molar-refractivity contribution >= 4 is 17.3 Å². The minimum atomic E-state index is -4.65. The lowest BCUT2D eigenvalue weighted by Gasteiger charge is -2.36. The van der Waals surface area contributed by atoms with Gasteiger partial charge in [-0.15, -0.1) is 0 Å². The van der Waals surface area contributed by atoms with Crippen molar-refractivity contribution in [2.45, 2.75) is 13.1 Å². The summed E-state index contributed by atoms with van der Waals surface area (Å²) in [5, 5.41) is 11.3. The lowest BCUT2D eigenvalue weighted by atomic mass is 10.1. The van der Waals surface area contributed by atoms with E-state index in [1.165, 1.54) is 0 Å². The summed E-state index contributed by atoms with van der Waals surface area (Å²) in [7, 11) is 0. The van der Waals surface area contributed by atoms with Gasteiger partial charge in [-0.2, -0.15) is 13.2 Å². The van der Waals surface area contributed by atoms with Crippen LogP contribution in [-0.4, -0.2) is 41.9 Å². The van der Waals surface area contributed by atoms with Crippen molar-refractivity contribution < 1.29 is 22.9 Å². The number of alkyl halides is 3. The highest BCUT2D eigenvalue weighted by Gasteiger charge is 2.34. The van der Waals surface area contributed by atoms with E-state index in [-0.39, 0.29) is 11.6 Å². The predicted molar refractivity (Wildman–Crippen MR) is 97.4 cm³/mol. The van der Waals surface area contributed by atoms with Gasteiger partial charge in [0, 0.05) is 37.8 Å². The van der Waals surface area contributed by atoms with Crippen LogP contribution < -0.4 is 4.90 Å². The molecule has 0 saturated carbocycles. The molecule has 2 aromatic rings. The number of carbonyl (C=O) groups excluding carboxylic acids is 1. The van der Waals surface area contributed by atoms with Crippen LogP contribution in [-0.2, 0) is 6.18 Å². The number of nitro benzene ring substituents is 1. The highest BCUT2D eigenvalue weighted by molar-refractivity contribution is 5.94. The van der Waals surface area contributed by atoms with Gasteiger partial charge in [0.25, 0.3) is 11.6 Å². The number of amides is 1. The highest BCUT2D eigenvalue weighted by atomic mass is 19.4. The Kier molecular flexibility index (Phi) is 5.26. The summed E-state index contributed by atoms with van der Waals surface area (Å²) in [4.78, 5) is 26.3. The van der Waals surface area contributed by atoms with Crippen molar-refractivity contribution in [2.24, 2.45) is 0 Å². The normalized spacial score (nSPS) is 14.9. The van der Waals surface area contributed by atoms with E-state index in [1.807, 2.05) is 13.0 Å². The summed E-state index contributed by atoms with van der Waals surface area (Å²) < 4.78 is 38.6. The standard InChI is InChI=1S/C19H18F3N3O3/c1-13-3-2-4-14(11-13)18(26)24-9-7-23(8-10-24)16-6-5-15(19(20,21)22)12-17(16)25(27)28/h2-6,11-12H,7-10H2,1H3. The zero-order valence-corrected chi connectivity index (χ0v) is 15.1. The van der Waals surface area contributed by atoms with E-state index in [4.69, 9.17) is 0 Å². The Balaban J connectivity index is 1.76. The third kappa shape index (κ3) is 4.08. The zero-order chi connectivity index (χ0) is 20.5. The van der Waals surface area contributed by atoms with Crippen molar-refractivity contribution in [2.75, 3.05) is 31.1 Å². The SMILES string of the molecule is Cc1cccc(C(=O)N2CCN(c3ccc(C(F)(F)F)cc3[N+](=O)[O-])CC2)c1. The van der Waals surface area contributed by atoms with Crippen LogP contribution in [0.25, 0.3) is 0 Å². The molecule has 1 heterocycles. The average Bonchev–Trinajstić information content (AvgIpc) is 2.66. The second-order valence-corrected chi connectivity index (χ2v) is 6.61. The topological polar surface area (TPSA) is 66.7 Å². The molecule has 0 unspecified atom stereocenters.